The molecule has 0 spiro atoms. The largest absolute Gasteiger partial charge is 0.418 e. The number of halogens is 3. The molecule has 1 N–H and O–H groups in total. The number of nitrogens with zero attached hydrogens (tertiary/aromatic N) is 1. The Bertz CT molecular complexity index is 480. The van der Waals surface area contributed by atoms with Crippen LogP contribution in [0.4, 0.5) is 18.9 Å². The lowest BCUT2D eigenvalue weighted by Gasteiger charge is -2.28. The van der Waals surface area contributed by atoms with Crippen molar-refractivity contribution in [1.29, 1.82) is 0 Å². The van der Waals surface area contributed by atoms with E-state index in [1.807, 2.05) is 7.05 Å². The maximum absolute atomic E-state index is 12.8. The average Bonchev–Trinajstić information content (AvgIpc) is 2.38. The molecule has 1 saturated heterocycles. The minimum absolute atomic E-state index is 0.163. The highest BCUT2D eigenvalue weighted by molar-refractivity contribution is 5.93. The summed E-state index contributed by atoms with van der Waals surface area (Å²) in [6.07, 6.45) is -3.11. The number of piperidine rings is 1. The van der Waals surface area contributed by atoms with Crippen LogP contribution in [0.2, 0.25) is 0 Å². The first-order valence-corrected chi connectivity index (χ1v) is 6.53. The number of anilines is 1. The highest BCUT2D eigenvalue weighted by atomic mass is 19.4. The summed E-state index contributed by atoms with van der Waals surface area (Å²) < 4.78 is 38.5. The lowest BCUT2D eigenvalue weighted by molar-refractivity contribution is -0.137. The summed E-state index contributed by atoms with van der Waals surface area (Å²) in [5.74, 6) is -0.540. The number of rotatable bonds is 2. The van der Waals surface area contributed by atoms with Gasteiger partial charge in [0.05, 0.1) is 11.3 Å². The number of hydrogen-bond donors (Lipinski definition) is 1. The topological polar surface area (TPSA) is 32.3 Å². The molecule has 1 aromatic rings. The summed E-state index contributed by atoms with van der Waals surface area (Å²) in [6.45, 7) is 1.58. The highest BCUT2D eigenvalue weighted by Crippen LogP contribution is 2.35. The van der Waals surface area contributed by atoms with Crippen LogP contribution in [0.5, 0.6) is 0 Å². The molecule has 1 aliphatic rings. The Kier molecular flexibility index (Phi) is 4.32. The molecule has 0 saturated carbocycles. The maximum Gasteiger partial charge on any atom is 0.418 e. The van der Waals surface area contributed by atoms with Gasteiger partial charge in [-0.3, -0.25) is 4.79 Å². The van der Waals surface area contributed by atoms with E-state index >= 15 is 0 Å². The van der Waals surface area contributed by atoms with Gasteiger partial charge in [0.25, 0.3) is 0 Å². The summed E-state index contributed by atoms with van der Waals surface area (Å²) >= 11 is 0. The van der Waals surface area contributed by atoms with Gasteiger partial charge < -0.3 is 10.2 Å². The van der Waals surface area contributed by atoms with Crippen LogP contribution in [-0.2, 0) is 11.0 Å². The van der Waals surface area contributed by atoms with Crippen molar-refractivity contribution in [3.8, 4) is 0 Å². The summed E-state index contributed by atoms with van der Waals surface area (Å²) in [4.78, 5) is 14.2. The van der Waals surface area contributed by atoms with E-state index in [0.717, 1.165) is 19.2 Å². The number of benzene rings is 1. The standard InChI is InChI=1S/C14H17F3N2O/c1-19-8-6-10(7-9-19)13(20)18-12-5-3-2-4-11(12)14(15,16)17/h2-5,10H,6-9H2,1H3,(H,18,20). The number of para-hydroxylation sites is 1. The molecule has 2 rings (SSSR count). The second kappa shape index (κ2) is 5.83. The fraction of sp³-hybridized carbons (Fsp3) is 0.500. The lowest BCUT2D eigenvalue weighted by atomic mass is 9.96. The van der Waals surface area contributed by atoms with Gasteiger partial charge >= 0.3 is 6.18 Å². The van der Waals surface area contributed by atoms with E-state index in [9.17, 15) is 18.0 Å². The monoisotopic (exact) mass is 286 g/mol. The van der Waals surface area contributed by atoms with Crippen LogP contribution in [0.15, 0.2) is 24.3 Å². The Morgan fingerprint density at radius 2 is 1.85 bits per heavy atom. The van der Waals surface area contributed by atoms with Gasteiger partial charge in [-0.2, -0.15) is 13.2 Å². The molecule has 3 nitrogen and oxygen atoms in total. The van der Waals surface area contributed by atoms with Crippen molar-refractivity contribution >= 4 is 11.6 Å². The lowest BCUT2D eigenvalue weighted by Crippen LogP contribution is -2.36. The Labute approximate surface area is 115 Å². The summed E-state index contributed by atoms with van der Waals surface area (Å²) in [5, 5.41) is 2.42. The van der Waals surface area contributed by atoms with Crippen LogP contribution in [-0.4, -0.2) is 30.9 Å². The highest BCUT2D eigenvalue weighted by Gasteiger charge is 2.34. The molecule has 1 fully saturated rings. The minimum Gasteiger partial charge on any atom is -0.325 e. The zero-order valence-corrected chi connectivity index (χ0v) is 11.2. The molecule has 1 aliphatic heterocycles. The van der Waals surface area contributed by atoms with Gasteiger partial charge in [-0.05, 0) is 45.1 Å². The van der Waals surface area contributed by atoms with Crippen LogP contribution >= 0.6 is 0 Å². The maximum atomic E-state index is 12.8. The third-order valence-electron chi connectivity index (χ3n) is 3.58. The molecule has 20 heavy (non-hydrogen) atoms. The van der Waals surface area contributed by atoms with E-state index in [1.54, 1.807) is 0 Å². The SMILES string of the molecule is CN1CCC(C(=O)Nc2ccccc2C(F)(F)F)CC1. The quantitative estimate of drug-likeness (QED) is 0.906. The number of likely N-dealkylation sites (tertiary alicyclic amines) is 1. The molecule has 1 heterocycles. The Hall–Kier alpha value is -1.56. The summed E-state index contributed by atoms with van der Waals surface area (Å²) in [5.41, 5.74) is -0.967. The predicted molar refractivity (Wildman–Crippen MR) is 70.3 cm³/mol. The molecule has 0 bridgehead atoms. The van der Waals surface area contributed by atoms with E-state index in [-0.39, 0.29) is 17.5 Å². The molecule has 0 aliphatic carbocycles. The van der Waals surface area contributed by atoms with Gasteiger partial charge in [-0.15, -0.1) is 0 Å². The number of carbonyl (C=O) groups excluding carboxylic acids is 1. The van der Waals surface area contributed by atoms with Gasteiger partial charge in [0, 0.05) is 5.92 Å². The molecule has 0 radical (unpaired) electrons. The normalized spacial score (nSPS) is 18.0. The molecule has 0 atom stereocenters. The van der Waals surface area contributed by atoms with Crippen molar-refractivity contribution in [3.05, 3.63) is 29.8 Å². The molecular formula is C14H17F3N2O. The first-order chi connectivity index (χ1) is 9.38. The van der Waals surface area contributed by atoms with Crippen LogP contribution < -0.4 is 5.32 Å². The zero-order valence-electron chi connectivity index (χ0n) is 11.2. The first kappa shape index (κ1) is 14.8. The molecule has 1 amide bonds. The number of carbonyl (C=O) groups is 1. The molecule has 0 unspecified atom stereocenters. The summed E-state index contributed by atoms with van der Waals surface area (Å²) in [7, 11) is 1.97. The number of amides is 1. The first-order valence-electron chi connectivity index (χ1n) is 6.53. The van der Waals surface area contributed by atoms with E-state index in [0.29, 0.717) is 12.8 Å². The van der Waals surface area contributed by atoms with Crippen LogP contribution in [0, 0.1) is 5.92 Å². The molecule has 110 valence electrons. The van der Waals surface area contributed by atoms with Crippen molar-refractivity contribution in [2.45, 2.75) is 19.0 Å². The number of nitrogens with one attached hydrogen (secondary N) is 1. The smallest absolute Gasteiger partial charge is 0.325 e. The van der Waals surface area contributed by atoms with Gasteiger partial charge in [-0.1, -0.05) is 12.1 Å². The van der Waals surface area contributed by atoms with Crippen molar-refractivity contribution in [2.75, 3.05) is 25.5 Å². The van der Waals surface area contributed by atoms with Crippen molar-refractivity contribution in [3.63, 3.8) is 0 Å². The second-order valence-corrected chi connectivity index (χ2v) is 5.11. The third kappa shape index (κ3) is 3.50. The van der Waals surface area contributed by atoms with Gasteiger partial charge in [0.2, 0.25) is 5.91 Å². The Morgan fingerprint density at radius 1 is 1.25 bits per heavy atom. The van der Waals surface area contributed by atoms with E-state index in [4.69, 9.17) is 0 Å². The summed E-state index contributed by atoms with van der Waals surface area (Å²) in [6, 6.07) is 5.06. The van der Waals surface area contributed by atoms with E-state index in [1.165, 1.54) is 18.2 Å². The Morgan fingerprint density at radius 3 is 2.45 bits per heavy atom. The predicted octanol–water partition coefficient (Wildman–Crippen LogP) is 2.99. The second-order valence-electron chi connectivity index (χ2n) is 5.11. The van der Waals surface area contributed by atoms with Crippen molar-refractivity contribution in [1.82, 2.24) is 4.90 Å². The van der Waals surface area contributed by atoms with Crippen LogP contribution in [0.25, 0.3) is 0 Å². The Balaban J connectivity index is 2.08. The molecule has 0 aromatic heterocycles. The number of alkyl halides is 3. The van der Waals surface area contributed by atoms with Gasteiger partial charge in [0.1, 0.15) is 0 Å². The minimum atomic E-state index is -4.46. The third-order valence-corrected chi connectivity index (χ3v) is 3.58. The van der Waals surface area contributed by atoms with E-state index in [2.05, 4.69) is 10.2 Å². The van der Waals surface area contributed by atoms with E-state index < -0.39 is 11.7 Å². The van der Waals surface area contributed by atoms with Crippen molar-refractivity contribution in [2.24, 2.45) is 5.92 Å². The molecule has 1 aromatic carbocycles. The van der Waals surface area contributed by atoms with Crippen molar-refractivity contribution < 1.29 is 18.0 Å². The fourth-order valence-electron chi connectivity index (χ4n) is 2.34. The van der Waals surface area contributed by atoms with Gasteiger partial charge in [0.15, 0.2) is 0 Å². The molecule has 6 heteroatoms. The van der Waals surface area contributed by atoms with Gasteiger partial charge in [-0.25, -0.2) is 0 Å². The van der Waals surface area contributed by atoms with Crippen LogP contribution in [0.1, 0.15) is 18.4 Å². The zero-order chi connectivity index (χ0) is 14.8. The average molecular weight is 286 g/mol. The number of hydrogen-bond acceptors (Lipinski definition) is 2. The fourth-order valence-corrected chi connectivity index (χ4v) is 2.34. The molecular weight excluding hydrogens is 269 g/mol. The van der Waals surface area contributed by atoms with Crippen LogP contribution in [0.3, 0.4) is 0 Å².